The third-order valence-electron chi connectivity index (χ3n) is 3.15. The fourth-order valence-electron chi connectivity index (χ4n) is 2.11. The summed E-state index contributed by atoms with van der Waals surface area (Å²) in [5.41, 5.74) is 6.40. The first-order valence-corrected chi connectivity index (χ1v) is 6.80. The van der Waals surface area contributed by atoms with Crippen molar-refractivity contribution in [1.29, 1.82) is 0 Å². The molecule has 2 heterocycles. The predicted molar refractivity (Wildman–Crippen MR) is 71.6 cm³/mol. The summed E-state index contributed by atoms with van der Waals surface area (Å²) in [5, 5.41) is 2.78. The highest BCUT2D eigenvalue weighted by atomic mass is 32.1. The molecule has 1 aromatic rings. The van der Waals surface area contributed by atoms with Gasteiger partial charge in [0.05, 0.1) is 4.88 Å². The second-order valence-electron chi connectivity index (χ2n) is 4.34. The van der Waals surface area contributed by atoms with Crippen molar-refractivity contribution in [3.8, 4) is 0 Å². The SMILES string of the molecule is CCC1C(=O)NCCN1C(=O)c1cc(N)c(C)s1. The normalized spacial score (nSPS) is 19.8. The highest BCUT2D eigenvalue weighted by molar-refractivity contribution is 7.14. The minimum Gasteiger partial charge on any atom is -0.398 e. The van der Waals surface area contributed by atoms with E-state index in [1.807, 2.05) is 13.8 Å². The molecule has 2 rings (SSSR count). The minimum absolute atomic E-state index is 0.0710. The van der Waals surface area contributed by atoms with Crippen LogP contribution < -0.4 is 11.1 Å². The molecule has 1 fully saturated rings. The summed E-state index contributed by atoms with van der Waals surface area (Å²) >= 11 is 1.38. The van der Waals surface area contributed by atoms with Gasteiger partial charge in [-0.2, -0.15) is 0 Å². The average molecular weight is 267 g/mol. The van der Waals surface area contributed by atoms with Crippen LogP contribution in [0.25, 0.3) is 0 Å². The van der Waals surface area contributed by atoms with Crippen molar-refractivity contribution in [1.82, 2.24) is 10.2 Å². The molecule has 6 heteroatoms. The second kappa shape index (κ2) is 4.97. The first kappa shape index (κ1) is 12.9. The van der Waals surface area contributed by atoms with Crippen LogP contribution in [0.3, 0.4) is 0 Å². The van der Waals surface area contributed by atoms with Gasteiger partial charge in [0.2, 0.25) is 5.91 Å². The molecule has 98 valence electrons. The van der Waals surface area contributed by atoms with Crippen LogP contribution in [0.15, 0.2) is 6.07 Å². The van der Waals surface area contributed by atoms with E-state index < -0.39 is 0 Å². The summed E-state index contributed by atoms with van der Waals surface area (Å²) in [7, 11) is 0. The molecule has 1 aliphatic rings. The molecular weight excluding hydrogens is 250 g/mol. The molecular formula is C12H17N3O2S. The highest BCUT2D eigenvalue weighted by Gasteiger charge is 2.32. The number of nitrogens with two attached hydrogens (primary N) is 1. The molecule has 1 aromatic heterocycles. The van der Waals surface area contributed by atoms with Crippen LogP contribution in [-0.2, 0) is 4.79 Å². The van der Waals surface area contributed by atoms with Gasteiger partial charge in [-0.1, -0.05) is 6.92 Å². The van der Waals surface area contributed by atoms with E-state index in [-0.39, 0.29) is 17.9 Å². The first-order valence-electron chi connectivity index (χ1n) is 5.99. The van der Waals surface area contributed by atoms with E-state index in [2.05, 4.69) is 5.32 Å². The number of nitrogen functional groups attached to an aromatic ring is 1. The van der Waals surface area contributed by atoms with E-state index in [1.54, 1.807) is 11.0 Å². The van der Waals surface area contributed by atoms with Crippen LogP contribution in [0.1, 0.15) is 27.9 Å². The monoisotopic (exact) mass is 267 g/mol. The largest absolute Gasteiger partial charge is 0.398 e. The summed E-state index contributed by atoms with van der Waals surface area (Å²) in [6.07, 6.45) is 0.622. The maximum absolute atomic E-state index is 12.4. The minimum atomic E-state index is -0.366. The molecule has 0 saturated carbocycles. The van der Waals surface area contributed by atoms with E-state index in [9.17, 15) is 9.59 Å². The lowest BCUT2D eigenvalue weighted by molar-refractivity contribution is -0.127. The Morgan fingerprint density at radius 2 is 2.39 bits per heavy atom. The fraction of sp³-hybridized carbons (Fsp3) is 0.500. The van der Waals surface area contributed by atoms with Crippen LogP contribution in [0, 0.1) is 6.92 Å². The Morgan fingerprint density at radius 3 is 2.94 bits per heavy atom. The summed E-state index contributed by atoms with van der Waals surface area (Å²) in [6.45, 7) is 4.86. The van der Waals surface area contributed by atoms with Crippen molar-refractivity contribution in [2.24, 2.45) is 0 Å². The summed E-state index contributed by atoms with van der Waals surface area (Å²) in [6, 6.07) is 1.33. The quantitative estimate of drug-likeness (QED) is 0.839. The lowest BCUT2D eigenvalue weighted by atomic mass is 10.1. The Morgan fingerprint density at radius 1 is 1.67 bits per heavy atom. The van der Waals surface area contributed by atoms with Crippen molar-refractivity contribution in [3.05, 3.63) is 15.8 Å². The molecule has 0 aliphatic carbocycles. The van der Waals surface area contributed by atoms with Crippen LogP contribution in [0.2, 0.25) is 0 Å². The number of aryl methyl sites for hydroxylation is 1. The van der Waals surface area contributed by atoms with E-state index in [0.29, 0.717) is 30.1 Å². The van der Waals surface area contributed by atoms with Gasteiger partial charge in [0.15, 0.2) is 0 Å². The van der Waals surface area contributed by atoms with Gasteiger partial charge in [-0.05, 0) is 19.4 Å². The van der Waals surface area contributed by atoms with Crippen molar-refractivity contribution in [3.63, 3.8) is 0 Å². The number of nitrogens with zero attached hydrogens (tertiary/aromatic N) is 1. The molecule has 0 spiro atoms. The third kappa shape index (κ3) is 2.20. The summed E-state index contributed by atoms with van der Waals surface area (Å²) in [4.78, 5) is 27.3. The third-order valence-corrected chi connectivity index (χ3v) is 4.20. The number of hydrogen-bond donors (Lipinski definition) is 2. The van der Waals surface area contributed by atoms with Gasteiger partial charge in [-0.15, -0.1) is 11.3 Å². The number of anilines is 1. The second-order valence-corrected chi connectivity index (χ2v) is 5.59. The Balaban J connectivity index is 2.24. The molecule has 5 nitrogen and oxygen atoms in total. The standard InChI is InChI=1S/C12H17N3O2S/c1-3-9-11(16)14-4-5-15(9)12(17)10-6-8(13)7(2)18-10/h6,9H,3-5,13H2,1-2H3,(H,14,16). The van der Waals surface area contributed by atoms with Crippen LogP contribution in [-0.4, -0.2) is 35.8 Å². The average Bonchev–Trinajstić information content (AvgIpc) is 2.68. The molecule has 1 unspecified atom stereocenters. The number of amides is 2. The van der Waals surface area contributed by atoms with Crippen LogP contribution >= 0.6 is 11.3 Å². The zero-order valence-electron chi connectivity index (χ0n) is 10.5. The molecule has 2 amide bonds. The van der Waals surface area contributed by atoms with Gasteiger partial charge >= 0.3 is 0 Å². The van der Waals surface area contributed by atoms with E-state index in [0.717, 1.165) is 4.88 Å². The summed E-state index contributed by atoms with van der Waals surface area (Å²) in [5.74, 6) is -0.167. The molecule has 0 aromatic carbocycles. The maximum Gasteiger partial charge on any atom is 0.264 e. The Bertz CT molecular complexity index is 464. The zero-order valence-corrected chi connectivity index (χ0v) is 11.3. The van der Waals surface area contributed by atoms with Gasteiger partial charge in [0.25, 0.3) is 5.91 Å². The summed E-state index contributed by atoms with van der Waals surface area (Å²) < 4.78 is 0. The first-order chi connectivity index (χ1) is 8.54. The fourth-order valence-corrected chi connectivity index (χ4v) is 3.00. The van der Waals surface area contributed by atoms with Gasteiger partial charge in [-0.3, -0.25) is 9.59 Å². The smallest absolute Gasteiger partial charge is 0.264 e. The Labute approximate surface area is 110 Å². The molecule has 0 bridgehead atoms. The van der Waals surface area contributed by atoms with Gasteiger partial charge in [0.1, 0.15) is 6.04 Å². The van der Waals surface area contributed by atoms with Gasteiger partial charge in [-0.25, -0.2) is 0 Å². The lowest BCUT2D eigenvalue weighted by Gasteiger charge is -2.34. The number of nitrogens with one attached hydrogen (secondary N) is 1. The number of carbonyl (C=O) groups is 2. The lowest BCUT2D eigenvalue weighted by Crippen LogP contribution is -2.56. The maximum atomic E-state index is 12.4. The number of carbonyl (C=O) groups excluding carboxylic acids is 2. The molecule has 1 atom stereocenters. The van der Waals surface area contributed by atoms with Crippen molar-refractivity contribution >= 4 is 28.8 Å². The van der Waals surface area contributed by atoms with Crippen LogP contribution in [0.4, 0.5) is 5.69 Å². The van der Waals surface area contributed by atoms with Crippen LogP contribution in [0.5, 0.6) is 0 Å². The zero-order chi connectivity index (χ0) is 13.3. The molecule has 1 aliphatic heterocycles. The van der Waals surface area contributed by atoms with E-state index in [4.69, 9.17) is 5.73 Å². The highest BCUT2D eigenvalue weighted by Crippen LogP contribution is 2.25. The predicted octanol–water partition coefficient (Wildman–Crippen LogP) is 0.989. The Kier molecular flexibility index (Phi) is 3.56. The molecule has 18 heavy (non-hydrogen) atoms. The topological polar surface area (TPSA) is 75.4 Å². The van der Waals surface area contributed by atoms with Crippen molar-refractivity contribution in [2.45, 2.75) is 26.3 Å². The number of rotatable bonds is 2. The Hall–Kier alpha value is -1.56. The number of hydrogen-bond acceptors (Lipinski definition) is 4. The van der Waals surface area contributed by atoms with Crippen molar-refractivity contribution in [2.75, 3.05) is 18.8 Å². The van der Waals surface area contributed by atoms with Gasteiger partial charge in [0, 0.05) is 23.7 Å². The van der Waals surface area contributed by atoms with Crippen molar-refractivity contribution < 1.29 is 9.59 Å². The van der Waals surface area contributed by atoms with E-state index >= 15 is 0 Å². The number of piperazine rings is 1. The number of thiophene rings is 1. The van der Waals surface area contributed by atoms with Gasteiger partial charge < -0.3 is 16.0 Å². The molecule has 3 N–H and O–H groups in total. The molecule has 0 radical (unpaired) electrons. The molecule has 1 saturated heterocycles. The van der Waals surface area contributed by atoms with E-state index in [1.165, 1.54) is 11.3 Å².